The van der Waals surface area contributed by atoms with E-state index in [1.165, 1.54) is 31.4 Å². The zero-order valence-electron chi connectivity index (χ0n) is 23.4. The molecule has 0 saturated heterocycles. The van der Waals surface area contributed by atoms with Crippen LogP contribution in [0.5, 0.6) is 17.2 Å². The third kappa shape index (κ3) is 5.89. The largest absolute Gasteiger partial charge is 0.493 e. The van der Waals surface area contributed by atoms with E-state index in [1.54, 1.807) is 31.9 Å². The first-order valence-corrected chi connectivity index (χ1v) is 13.8. The number of anilines is 2. The van der Waals surface area contributed by atoms with Crippen LogP contribution in [0.4, 0.5) is 10.8 Å². The number of fused-ring (bicyclic) bond motifs is 3. The Bertz CT molecular complexity index is 1460. The van der Waals surface area contributed by atoms with E-state index >= 15 is 0 Å². The molecule has 0 radical (unpaired) electrons. The highest BCUT2D eigenvalue weighted by molar-refractivity contribution is 7.13. The summed E-state index contributed by atoms with van der Waals surface area (Å²) in [6.45, 7) is 5.25. The molecule has 11 heteroatoms. The van der Waals surface area contributed by atoms with Gasteiger partial charge in [0, 0.05) is 24.1 Å². The van der Waals surface area contributed by atoms with E-state index in [9.17, 15) is 14.4 Å². The van der Waals surface area contributed by atoms with Crippen LogP contribution in [-0.4, -0.2) is 44.2 Å². The molecule has 0 unspecified atom stereocenters. The van der Waals surface area contributed by atoms with Gasteiger partial charge in [0.25, 0.3) is 0 Å². The molecule has 0 aliphatic heterocycles. The third-order valence-corrected chi connectivity index (χ3v) is 7.53. The van der Waals surface area contributed by atoms with Gasteiger partial charge in [-0.05, 0) is 53.6 Å². The van der Waals surface area contributed by atoms with E-state index in [0.717, 1.165) is 11.1 Å². The van der Waals surface area contributed by atoms with Crippen molar-refractivity contribution in [3.05, 3.63) is 57.2 Å². The van der Waals surface area contributed by atoms with Crippen LogP contribution < -0.4 is 35.6 Å². The summed E-state index contributed by atoms with van der Waals surface area (Å²) in [5, 5.41) is 11.2. The fourth-order valence-electron chi connectivity index (χ4n) is 5.00. The highest BCUT2D eigenvalue weighted by Crippen LogP contribution is 2.50. The Morgan fingerprint density at radius 3 is 2.42 bits per heavy atom. The Morgan fingerprint density at radius 2 is 1.82 bits per heavy atom. The molecular weight excluding hydrogens is 532 g/mol. The van der Waals surface area contributed by atoms with Crippen LogP contribution >= 0.6 is 11.3 Å². The van der Waals surface area contributed by atoms with Gasteiger partial charge < -0.3 is 30.2 Å². The first-order valence-electron chi connectivity index (χ1n) is 12.9. The van der Waals surface area contributed by atoms with Gasteiger partial charge in [0.1, 0.15) is 6.04 Å². The molecule has 3 N–H and O–H groups in total. The summed E-state index contributed by atoms with van der Waals surface area (Å²) >= 11 is 1.32. The average Bonchev–Trinajstić information content (AvgIpc) is 3.32. The van der Waals surface area contributed by atoms with Gasteiger partial charge in [-0.1, -0.05) is 19.9 Å². The minimum Gasteiger partial charge on any atom is -0.493 e. The lowest BCUT2D eigenvalue weighted by Crippen LogP contribution is -2.39. The number of hydrogen-bond donors (Lipinski definition) is 3. The van der Waals surface area contributed by atoms with E-state index in [1.807, 2.05) is 26.0 Å². The minimum atomic E-state index is -0.698. The van der Waals surface area contributed by atoms with Gasteiger partial charge in [-0.25, -0.2) is 4.98 Å². The quantitative estimate of drug-likeness (QED) is 0.348. The molecule has 1 aromatic heterocycles. The second kappa shape index (κ2) is 12.4. The van der Waals surface area contributed by atoms with Crippen LogP contribution in [0, 0.1) is 5.92 Å². The first-order chi connectivity index (χ1) is 19.2. The maximum atomic E-state index is 13.6. The minimum absolute atomic E-state index is 0.132. The molecule has 2 aromatic carbocycles. The third-order valence-electron chi connectivity index (χ3n) is 6.84. The highest BCUT2D eigenvalue weighted by atomic mass is 32.1. The van der Waals surface area contributed by atoms with Crippen molar-refractivity contribution in [2.75, 3.05) is 32.0 Å². The maximum Gasteiger partial charge on any atom is 0.248 e. The molecule has 2 atom stereocenters. The number of nitrogens with one attached hydrogen (secondary N) is 3. The zero-order chi connectivity index (χ0) is 29.0. The molecule has 212 valence electrons. The van der Waals surface area contributed by atoms with Gasteiger partial charge in [0.15, 0.2) is 16.6 Å². The highest BCUT2D eigenvalue weighted by Gasteiger charge is 2.30. The number of nitrogens with zero attached hydrogens (tertiary/aromatic N) is 1. The number of rotatable bonds is 9. The Labute approximate surface area is 237 Å². The smallest absolute Gasteiger partial charge is 0.248 e. The summed E-state index contributed by atoms with van der Waals surface area (Å²) in [5.74, 6) is 0.789. The monoisotopic (exact) mass is 566 g/mol. The number of amides is 2. The molecule has 0 bridgehead atoms. The molecule has 40 heavy (non-hydrogen) atoms. The molecule has 3 aromatic rings. The van der Waals surface area contributed by atoms with Crippen LogP contribution in [0.15, 0.2) is 40.6 Å². The van der Waals surface area contributed by atoms with Crippen LogP contribution in [0.1, 0.15) is 44.4 Å². The molecule has 4 rings (SSSR count). The second-order valence-electron chi connectivity index (χ2n) is 9.79. The molecule has 1 aliphatic rings. The molecule has 1 heterocycles. The number of hydrogen-bond acceptors (Lipinski definition) is 9. The Hall–Kier alpha value is -4.12. The van der Waals surface area contributed by atoms with Gasteiger partial charge in [-0.3, -0.25) is 14.4 Å². The summed E-state index contributed by atoms with van der Waals surface area (Å²) in [5.41, 5.74) is 2.98. The van der Waals surface area contributed by atoms with Crippen molar-refractivity contribution in [1.29, 1.82) is 0 Å². The number of benzene rings is 1. The molecule has 0 fully saturated rings. The van der Waals surface area contributed by atoms with E-state index < -0.39 is 12.1 Å². The number of thiazole rings is 1. The summed E-state index contributed by atoms with van der Waals surface area (Å²) in [4.78, 5) is 43.0. The topological polar surface area (TPSA) is 128 Å². The second-order valence-corrected chi connectivity index (χ2v) is 10.7. The molecule has 0 spiro atoms. The van der Waals surface area contributed by atoms with Crippen molar-refractivity contribution < 1.29 is 23.8 Å². The van der Waals surface area contributed by atoms with Gasteiger partial charge >= 0.3 is 0 Å². The zero-order valence-corrected chi connectivity index (χ0v) is 24.2. The lowest BCUT2D eigenvalue weighted by atomic mass is 9.95. The summed E-state index contributed by atoms with van der Waals surface area (Å²) < 4.78 is 17.1. The number of ether oxygens (including phenoxy) is 3. The van der Waals surface area contributed by atoms with E-state index in [-0.39, 0.29) is 28.8 Å². The predicted octanol–water partition coefficient (Wildman–Crippen LogP) is 4.39. The van der Waals surface area contributed by atoms with Gasteiger partial charge in [-0.2, -0.15) is 0 Å². The summed E-state index contributed by atoms with van der Waals surface area (Å²) in [6.07, 6.45) is 2.76. The first kappa shape index (κ1) is 28.9. The lowest BCUT2D eigenvalue weighted by molar-refractivity contribution is -0.120. The number of aromatic nitrogens is 1. The number of carbonyl (C=O) groups excluding carboxylic acids is 2. The average molecular weight is 567 g/mol. The van der Waals surface area contributed by atoms with Crippen molar-refractivity contribution in [2.45, 2.75) is 45.7 Å². The van der Waals surface area contributed by atoms with Crippen molar-refractivity contribution in [3.63, 3.8) is 0 Å². The Balaban J connectivity index is 1.88. The molecule has 0 saturated carbocycles. The van der Waals surface area contributed by atoms with Crippen molar-refractivity contribution in [3.8, 4) is 28.4 Å². The molecule has 2 amide bonds. The number of methoxy groups -OCH3 is 3. The number of carbonyl (C=O) groups is 2. The Kier molecular flexibility index (Phi) is 8.93. The predicted molar refractivity (Wildman–Crippen MR) is 156 cm³/mol. The number of aryl methyl sites for hydroxylation is 1. The normalized spacial score (nSPS) is 14.7. The van der Waals surface area contributed by atoms with E-state index in [4.69, 9.17) is 14.2 Å². The SMILES string of the molecule is COc1cc2c(c(OC)c1OC)-c1ccc(N[C@H](C(=O)Nc3nccs3)C(C)C)c(=O)cc1[C@@H](NC(C)=O)CC2. The van der Waals surface area contributed by atoms with Crippen molar-refractivity contribution in [1.82, 2.24) is 10.3 Å². The van der Waals surface area contributed by atoms with Gasteiger partial charge in [0.2, 0.25) is 23.0 Å². The van der Waals surface area contributed by atoms with Crippen LogP contribution in [0.25, 0.3) is 11.1 Å². The Morgan fingerprint density at radius 1 is 1.07 bits per heavy atom. The fraction of sp³-hybridized carbons (Fsp3) is 0.379. The molecular formula is C29H34N4O6S. The molecule has 10 nitrogen and oxygen atoms in total. The van der Waals surface area contributed by atoms with Crippen LogP contribution in [0.3, 0.4) is 0 Å². The summed E-state index contributed by atoms with van der Waals surface area (Å²) in [7, 11) is 4.65. The lowest BCUT2D eigenvalue weighted by Gasteiger charge is -2.21. The van der Waals surface area contributed by atoms with Crippen LogP contribution in [0.2, 0.25) is 0 Å². The van der Waals surface area contributed by atoms with Crippen molar-refractivity contribution >= 4 is 34.0 Å². The van der Waals surface area contributed by atoms with E-state index in [2.05, 4.69) is 20.9 Å². The van der Waals surface area contributed by atoms with Crippen molar-refractivity contribution in [2.24, 2.45) is 5.92 Å². The van der Waals surface area contributed by atoms with Gasteiger partial charge in [0.05, 0.1) is 33.1 Å². The fourth-order valence-corrected chi connectivity index (χ4v) is 5.53. The van der Waals surface area contributed by atoms with Gasteiger partial charge in [-0.15, -0.1) is 11.3 Å². The van der Waals surface area contributed by atoms with Crippen LogP contribution in [-0.2, 0) is 16.0 Å². The summed E-state index contributed by atoms with van der Waals surface area (Å²) in [6, 6.07) is 5.80. The maximum absolute atomic E-state index is 13.6. The van der Waals surface area contributed by atoms with E-state index in [0.29, 0.717) is 46.3 Å². The molecule has 1 aliphatic carbocycles. The standard InChI is InChI=1S/C29H34N4O6S/c1-15(2)25(28(36)33-29-30-11-12-40-29)32-21-10-8-18-19(14-22(21)35)20(31-16(3)34)9-7-17-13-23(37-4)26(38-5)27(39-6)24(17)18/h8,10-15,20,25H,7,9H2,1-6H3,(H,31,34)(H,32,35)(H,30,33,36)/t20-,25-/m0/s1.